The minimum atomic E-state index is 0.575. The second-order valence-electron chi connectivity index (χ2n) is 5.08. The molecule has 0 saturated carbocycles. The Morgan fingerprint density at radius 1 is 0.958 bits per heavy atom. The molecule has 0 radical (unpaired) electrons. The first kappa shape index (κ1) is 15.6. The lowest BCUT2D eigenvalue weighted by molar-refractivity contribution is 1.01. The highest BCUT2D eigenvalue weighted by atomic mass is 15.3. The minimum absolute atomic E-state index is 0.575. The van der Waals surface area contributed by atoms with Gasteiger partial charge in [0.1, 0.15) is 5.69 Å². The van der Waals surface area contributed by atoms with Gasteiger partial charge in [-0.05, 0) is 43.3 Å². The van der Waals surface area contributed by atoms with E-state index in [9.17, 15) is 0 Å². The molecule has 0 spiro atoms. The summed E-state index contributed by atoms with van der Waals surface area (Å²) < 4.78 is 0. The number of nitrogens with one attached hydrogen (secondary N) is 1. The molecule has 0 fully saturated rings. The molecule has 0 aliphatic rings. The van der Waals surface area contributed by atoms with E-state index in [1.165, 1.54) is 0 Å². The topological polar surface area (TPSA) is 62.5 Å². The van der Waals surface area contributed by atoms with E-state index in [1.807, 2.05) is 73.7 Å². The van der Waals surface area contributed by atoms with Gasteiger partial charge in [0.15, 0.2) is 5.84 Å². The number of hydrogen-bond donors (Lipinski definition) is 1. The number of pyridine rings is 2. The van der Waals surface area contributed by atoms with Crippen LogP contribution in [0.15, 0.2) is 83.0 Å². The van der Waals surface area contributed by atoms with Crippen LogP contribution in [-0.4, -0.2) is 22.0 Å². The van der Waals surface area contributed by atoms with Gasteiger partial charge in [0.25, 0.3) is 0 Å². The molecule has 2 aromatic heterocycles. The summed E-state index contributed by atoms with van der Waals surface area (Å²) in [7, 11) is 0. The van der Waals surface area contributed by atoms with E-state index in [-0.39, 0.29) is 0 Å². The van der Waals surface area contributed by atoms with Crippen molar-refractivity contribution in [3.63, 3.8) is 0 Å². The van der Waals surface area contributed by atoms with E-state index in [2.05, 4.69) is 25.5 Å². The Labute approximate surface area is 140 Å². The summed E-state index contributed by atoms with van der Waals surface area (Å²) in [5.41, 5.74) is 6.24. The van der Waals surface area contributed by atoms with E-state index < -0.39 is 0 Å². The van der Waals surface area contributed by atoms with Crippen molar-refractivity contribution < 1.29 is 0 Å². The number of aryl methyl sites for hydroxylation is 1. The average molecular weight is 315 g/mol. The van der Waals surface area contributed by atoms with Crippen LogP contribution in [0.5, 0.6) is 0 Å². The molecule has 0 saturated heterocycles. The fourth-order valence-corrected chi connectivity index (χ4v) is 2.07. The van der Waals surface area contributed by atoms with Crippen LogP contribution in [0.4, 0.5) is 5.69 Å². The molecule has 0 aliphatic carbocycles. The Bertz CT molecular complexity index is 842. The average Bonchev–Trinajstić information content (AvgIpc) is 2.63. The molecule has 1 N–H and O–H groups in total. The molecule has 3 aromatic rings. The van der Waals surface area contributed by atoms with Crippen molar-refractivity contribution in [3.05, 3.63) is 90.0 Å². The predicted octanol–water partition coefficient (Wildman–Crippen LogP) is 3.49. The summed E-state index contributed by atoms with van der Waals surface area (Å²) in [5.74, 6) is 0.575. The standard InChI is InChI=1S/C19H17N5/c1-15-8-7-11-17(22-15)14-21-24-19(18-12-5-6-13-20-18)23-16-9-3-2-4-10-16/h2-14H,1H3,(H,23,24)/b21-14+. The van der Waals surface area contributed by atoms with Crippen LogP contribution >= 0.6 is 0 Å². The summed E-state index contributed by atoms with van der Waals surface area (Å²) in [5, 5.41) is 4.25. The van der Waals surface area contributed by atoms with E-state index in [0.29, 0.717) is 5.84 Å². The quantitative estimate of drug-likeness (QED) is 0.455. The maximum atomic E-state index is 4.59. The molecule has 0 bridgehead atoms. The summed E-state index contributed by atoms with van der Waals surface area (Å²) >= 11 is 0. The summed E-state index contributed by atoms with van der Waals surface area (Å²) in [6, 6.07) is 21.1. The number of amidine groups is 1. The maximum absolute atomic E-state index is 4.59. The molecular formula is C19H17N5. The fraction of sp³-hybridized carbons (Fsp3) is 0.0526. The lowest BCUT2D eigenvalue weighted by Gasteiger charge is -2.05. The minimum Gasteiger partial charge on any atom is -0.259 e. The highest BCUT2D eigenvalue weighted by Gasteiger charge is 2.03. The van der Waals surface area contributed by atoms with Crippen LogP contribution in [0, 0.1) is 6.92 Å². The first-order chi connectivity index (χ1) is 11.8. The Kier molecular flexibility index (Phi) is 5.04. The fourth-order valence-electron chi connectivity index (χ4n) is 2.07. The third-order valence-corrected chi connectivity index (χ3v) is 3.18. The van der Waals surface area contributed by atoms with Crippen LogP contribution in [0.2, 0.25) is 0 Å². The van der Waals surface area contributed by atoms with E-state index in [4.69, 9.17) is 0 Å². The number of nitrogens with zero attached hydrogens (tertiary/aromatic N) is 4. The zero-order chi connectivity index (χ0) is 16.6. The third kappa shape index (κ3) is 4.33. The number of hydrogen-bond acceptors (Lipinski definition) is 4. The van der Waals surface area contributed by atoms with E-state index in [1.54, 1.807) is 12.4 Å². The number of aliphatic imine (C=N–C) groups is 1. The molecule has 3 rings (SSSR count). The van der Waals surface area contributed by atoms with Crippen LogP contribution in [0.1, 0.15) is 17.1 Å². The van der Waals surface area contributed by atoms with Crippen LogP contribution in [0.25, 0.3) is 0 Å². The zero-order valence-corrected chi connectivity index (χ0v) is 13.3. The second kappa shape index (κ2) is 7.78. The number of para-hydroxylation sites is 1. The van der Waals surface area contributed by atoms with Crippen molar-refractivity contribution in [2.75, 3.05) is 0 Å². The highest BCUT2D eigenvalue weighted by molar-refractivity contribution is 5.99. The van der Waals surface area contributed by atoms with Crippen LogP contribution in [-0.2, 0) is 0 Å². The SMILES string of the molecule is Cc1cccc(/C=N/NC(=Nc2ccccc2)c2ccccn2)n1. The molecule has 0 unspecified atom stereocenters. The monoisotopic (exact) mass is 315 g/mol. The lowest BCUT2D eigenvalue weighted by atomic mass is 10.3. The molecule has 1 aromatic carbocycles. The van der Waals surface area contributed by atoms with Gasteiger partial charge in [-0.1, -0.05) is 30.3 Å². The van der Waals surface area contributed by atoms with Crippen molar-refractivity contribution in [1.29, 1.82) is 0 Å². The summed E-state index contributed by atoms with van der Waals surface area (Å²) in [4.78, 5) is 13.3. The molecule has 0 amide bonds. The highest BCUT2D eigenvalue weighted by Crippen LogP contribution is 2.11. The lowest BCUT2D eigenvalue weighted by Crippen LogP contribution is -2.20. The molecule has 5 heteroatoms. The Balaban J connectivity index is 1.84. The third-order valence-electron chi connectivity index (χ3n) is 3.18. The van der Waals surface area contributed by atoms with Crippen molar-refractivity contribution in [3.8, 4) is 0 Å². The first-order valence-corrected chi connectivity index (χ1v) is 7.59. The van der Waals surface area contributed by atoms with E-state index in [0.717, 1.165) is 22.8 Å². The molecule has 24 heavy (non-hydrogen) atoms. The van der Waals surface area contributed by atoms with Gasteiger partial charge in [-0.3, -0.25) is 15.4 Å². The smallest absolute Gasteiger partial charge is 0.172 e. The van der Waals surface area contributed by atoms with Gasteiger partial charge in [0.2, 0.25) is 0 Å². The van der Waals surface area contributed by atoms with Crippen LogP contribution in [0.3, 0.4) is 0 Å². The Morgan fingerprint density at radius 2 is 1.79 bits per heavy atom. The molecule has 0 aliphatic heterocycles. The molecular weight excluding hydrogens is 298 g/mol. The van der Waals surface area contributed by atoms with Gasteiger partial charge in [-0.15, -0.1) is 0 Å². The number of rotatable bonds is 4. The molecule has 118 valence electrons. The maximum Gasteiger partial charge on any atom is 0.172 e. The van der Waals surface area contributed by atoms with E-state index >= 15 is 0 Å². The summed E-state index contributed by atoms with van der Waals surface area (Å²) in [6.45, 7) is 1.95. The van der Waals surface area contributed by atoms with Gasteiger partial charge >= 0.3 is 0 Å². The van der Waals surface area contributed by atoms with Gasteiger partial charge < -0.3 is 0 Å². The Morgan fingerprint density at radius 3 is 2.54 bits per heavy atom. The molecule has 2 heterocycles. The van der Waals surface area contributed by atoms with Crippen LogP contribution < -0.4 is 5.43 Å². The van der Waals surface area contributed by atoms with Crippen molar-refractivity contribution in [1.82, 2.24) is 15.4 Å². The molecule has 5 nitrogen and oxygen atoms in total. The van der Waals surface area contributed by atoms with Gasteiger partial charge in [0, 0.05) is 11.9 Å². The number of hydrazone groups is 1. The van der Waals surface area contributed by atoms with Gasteiger partial charge in [0.05, 0.1) is 17.6 Å². The zero-order valence-electron chi connectivity index (χ0n) is 13.3. The van der Waals surface area contributed by atoms with Gasteiger partial charge in [-0.2, -0.15) is 5.10 Å². The second-order valence-corrected chi connectivity index (χ2v) is 5.08. The van der Waals surface area contributed by atoms with Crippen molar-refractivity contribution in [2.24, 2.45) is 10.1 Å². The molecule has 0 atom stereocenters. The van der Waals surface area contributed by atoms with Crippen molar-refractivity contribution >= 4 is 17.7 Å². The van der Waals surface area contributed by atoms with Crippen molar-refractivity contribution in [2.45, 2.75) is 6.92 Å². The normalized spacial score (nSPS) is 11.6. The first-order valence-electron chi connectivity index (χ1n) is 7.59. The predicted molar refractivity (Wildman–Crippen MR) is 96.6 cm³/mol. The Hall–Kier alpha value is -3.34. The number of benzene rings is 1. The summed E-state index contributed by atoms with van der Waals surface area (Å²) in [6.07, 6.45) is 3.39. The van der Waals surface area contributed by atoms with Gasteiger partial charge in [-0.25, -0.2) is 4.99 Å². The largest absolute Gasteiger partial charge is 0.259 e. The number of aromatic nitrogens is 2.